The van der Waals surface area contributed by atoms with Gasteiger partial charge in [-0.25, -0.2) is 4.98 Å². The SMILES string of the molecule is Nc1cnc(Nc2cccc(Cl)c2Br)c(Cl)c1. The molecule has 0 fully saturated rings. The Kier molecular flexibility index (Phi) is 3.76. The molecule has 0 saturated heterocycles. The third-order valence-corrected chi connectivity index (χ3v) is 3.75. The van der Waals surface area contributed by atoms with Gasteiger partial charge in [0, 0.05) is 0 Å². The third-order valence-electron chi connectivity index (χ3n) is 2.07. The van der Waals surface area contributed by atoms with Crippen LogP contribution >= 0.6 is 39.1 Å². The van der Waals surface area contributed by atoms with Crippen molar-refractivity contribution in [2.75, 3.05) is 11.1 Å². The molecule has 0 amide bonds. The predicted molar refractivity (Wildman–Crippen MR) is 76.1 cm³/mol. The number of nitrogens with two attached hydrogens (primary N) is 1. The van der Waals surface area contributed by atoms with E-state index in [1.54, 1.807) is 12.1 Å². The molecule has 0 aliphatic heterocycles. The van der Waals surface area contributed by atoms with Crippen molar-refractivity contribution in [3.63, 3.8) is 0 Å². The number of halogens is 3. The van der Waals surface area contributed by atoms with Crippen LogP contribution in [0.4, 0.5) is 17.2 Å². The molecule has 2 aromatic rings. The van der Waals surface area contributed by atoms with Gasteiger partial charge in [-0.3, -0.25) is 0 Å². The van der Waals surface area contributed by atoms with Crippen LogP contribution in [0.1, 0.15) is 0 Å². The van der Waals surface area contributed by atoms with Crippen LogP contribution in [0.2, 0.25) is 10.0 Å². The number of hydrogen-bond donors (Lipinski definition) is 2. The first-order valence-corrected chi connectivity index (χ1v) is 6.25. The van der Waals surface area contributed by atoms with Crippen molar-refractivity contribution in [1.29, 1.82) is 0 Å². The lowest BCUT2D eigenvalue weighted by atomic mass is 10.3. The summed E-state index contributed by atoms with van der Waals surface area (Å²) in [6.07, 6.45) is 1.53. The molecule has 0 atom stereocenters. The van der Waals surface area contributed by atoms with Crippen molar-refractivity contribution >= 4 is 56.3 Å². The average Bonchev–Trinajstić information content (AvgIpc) is 2.28. The van der Waals surface area contributed by atoms with Crippen molar-refractivity contribution in [2.45, 2.75) is 0 Å². The van der Waals surface area contributed by atoms with Gasteiger partial charge >= 0.3 is 0 Å². The number of pyridine rings is 1. The third kappa shape index (κ3) is 2.83. The summed E-state index contributed by atoms with van der Waals surface area (Å²) >= 11 is 15.4. The van der Waals surface area contributed by atoms with E-state index in [1.165, 1.54) is 6.20 Å². The molecule has 0 unspecified atom stereocenters. The first kappa shape index (κ1) is 12.5. The largest absolute Gasteiger partial charge is 0.397 e. The molecular formula is C11H8BrCl2N3. The van der Waals surface area contributed by atoms with Gasteiger partial charge in [0.25, 0.3) is 0 Å². The van der Waals surface area contributed by atoms with Gasteiger partial charge in [-0.05, 0) is 34.1 Å². The second-order valence-electron chi connectivity index (χ2n) is 3.33. The van der Waals surface area contributed by atoms with Gasteiger partial charge in [-0.15, -0.1) is 0 Å². The summed E-state index contributed by atoms with van der Waals surface area (Å²) < 4.78 is 0.761. The van der Waals surface area contributed by atoms with Gasteiger partial charge in [-0.2, -0.15) is 0 Å². The van der Waals surface area contributed by atoms with Crippen molar-refractivity contribution in [3.05, 3.63) is 45.0 Å². The molecule has 0 saturated carbocycles. The molecule has 0 aliphatic rings. The highest BCUT2D eigenvalue weighted by atomic mass is 79.9. The zero-order chi connectivity index (χ0) is 12.4. The Morgan fingerprint density at radius 1 is 1.24 bits per heavy atom. The topological polar surface area (TPSA) is 50.9 Å². The lowest BCUT2D eigenvalue weighted by molar-refractivity contribution is 1.31. The minimum atomic E-state index is 0.455. The van der Waals surface area contributed by atoms with Crippen molar-refractivity contribution < 1.29 is 0 Å². The Bertz CT molecular complexity index is 560. The monoisotopic (exact) mass is 331 g/mol. The molecule has 3 N–H and O–H groups in total. The van der Waals surface area contributed by atoms with Gasteiger partial charge < -0.3 is 11.1 Å². The minimum absolute atomic E-state index is 0.455. The van der Waals surface area contributed by atoms with Crippen molar-refractivity contribution in [2.24, 2.45) is 0 Å². The lowest BCUT2D eigenvalue weighted by Crippen LogP contribution is -1.97. The van der Waals surface area contributed by atoms with Gasteiger partial charge in [0.2, 0.25) is 0 Å². The molecule has 0 radical (unpaired) electrons. The maximum Gasteiger partial charge on any atom is 0.149 e. The Morgan fingerprint density at radius 3 is 2.71 bits per heavy atom. The zero-order valence-electron chi connectivity index (χ0n) is 8.55. The van der Waals surface area contributed by atoms with E-state index >= 15 is 0 Å². The normalized spacial score (nSPS) is 10.3. The van der Waals surface area contributed by atoms with Crippen LogP contribution in [0.3, 0.4) is 0 Å². The summed E-state index contributed by atoms with van der Waals surface area (Å²) in [5.74, 6) is 0.531. The predicted octanol–water partition coefficient (Wildman–Crippen LogP) is 4.48. The van der Waals surface area contributed by atoms with Gasteiger partial charge in [0.15, 0.2) is 0 Å². The van der Waals surface area contributed by atoms with Crippen molar-refractivity contribution in [1.82, 2.24) is 4.98 Å². The Balaban J connectivity index is 2.35. The van der Waals surface area contributed by atoms with Crippen molar-refractivity contribution in [3.8, 4) is 0 Å². The first-order chi connectivity index (χ1) is 8.08. The second kappa shape index (κ2) is 5.12. The fourth-order valence-corrected chi connectivity index (χ4v) is 2.03. The second-order valence-corrected chi connectivity index (χ2v) is 4.93. The van der Waals surface area contributed by atoms with Gasteiger partial charge in [-0.1, -0.05) is 29.3 Å². The van der Waals surface area contributed by atoms with E-state index in [4.69, 9.17) is 28.9 Å². The van der Waals surface area contributed by atoms with E-state index in [0.29, 0.717) is 21.6 Å². The number of nitrogen functional groups attached to an aromatic ring is 1. The van der Waals surface area contributed by atoms with Gasteiger partial charge in [0.05, 0.1) is 32.1 Å². The van der Waals surface area contributed by atoms with E-state index in [0.717, 1.165) is 10.2 Å². The number of rotatable bonds is 2. The molecule has 1 aromatic carbocycles. The highest BCUT2D eigenvalue weighted by molar-refractivity contribution is 9.10. The maximum absolute atomic E-state index is 6.02. The van der Waals surface area contributed by atoms with Crippen LogP contribution in [0.15, 0.2) is 34.9 Å². The zero-order valence-corrected chi connectivity index (χ0v) is 11.6. The number of nitrogens with zero attached hydrogens (tertiary/aromatic N) is 1. The Hall–Kier alpha value is -0.970. The van der Waals surface area contributed by atoms with Crippen LogP contribution in [-0.2, 0) is 0 Å². The average molecular weight is 333 g/mol. The molecule has 2 rings (SSSR count). The van der Waals surface area contributed by atoms with E-state index in [-0.39, 0.29) is 0 Å². The number of anilines is 3. The van der Waals surface area contributed by atoms with E-state index < -0.39 is 0 Å². The smallest absolute Gasteiger partial charge is 0.149 e. The molecule has 1 aromatic heterocycles. The number of benzene rings is 1. The summed E-state index contributed by atoms with van der Waals surface area (Å²) in [4.78, 5) is 4.11. The van der Waals surface area contributed by atoms with E-state index in [1.807, 2.05) is 12.1 Å². The van der Waals surface area contributed by atoms with E-state index in [9.17, 15) is 0 Å². The number of aromatic nitrogens is 1. The maximum atomic E-state index is 6.02. The summed E-state index contributed by atoms with van der Waals surface area (Å²) in [6.45, 7) is 0. The molecule has 0 aliphatic carbocycles. The molecule has 3 nitrogen and oxygen atoms in total. The highest BCUT2D eigenvalue weighted by Crippen LogP contribution is 2.33. The molecule has 6 heteroatoms. The molecule has 17 heavy (non-hydrogen) atoms. The summed E-state index contributed by atoms with van der Waals surface area (Å²) in [7, 11) is 0. The molecule has 0 spiro atoms. The summed E-state index contributed by atoms with van der Waals surface area (Å²) in [5.41, 5.74) is 6.88. The highest BCUT2D eigenvalue weighted by Gasteiger charge is 2.07. The quantitative estimate of drug-likeness (QED) is 0.852. The van der Waals surface area contributed by atoms with Crippen LogP contribution in [-0.4, -0.2) is 4.98 Å². The molecule has 0 bridgehead atoms. The molecular weight excluding hydrogens is 325 g/mol. The lowest BCUT2D eigenvalue weighted by Gasteiger charge is -2.10. The van der Waals surface area contributed by atoms with Crippen LogP contribution < -0.4 is 11.1 Å². The fraction of sp³-hybridized carbons (Fsp3) is 0. The summed E-state index contributed by atoms with van der Waals surface area (Å²) in [6, 6.07) is 7.12. The fourth-order valence-electron chi connectivity index (χ4n) is 1.27. The molecule has 1 heterocycles. The summed E-state index contributed by atoms with van der Waals surface area (Å²) in [5, 5.41) is 4.15. The van der Waals surface area contributed by atoms with Crippen LogP contribution in [0.25, 0.3) is 0 Å². The molecule has 88 valence electrons. The Labute approximate surface area is 117 Å². The van der Waals surface area contributed by atoms with Crippen LogP contribution in [0, 0.1) is 0 Å². The van der Waals surface area contributed by atoms with E-state index in [2.05, 4.69) is 26.2 Å². The Morgan fingerprint density at radius 2 is 2.00 bits per heavy atom. The first-order valence-electron chi connectivity index (χ1n) is 4.70. The number of hydrogen-bond acceptors (Lipinski definition) is 3. The standard InChI is InChI=1S/C11H8BrCl2N3/c12-10-7(13)2-1-3-9(10)17-11-8(14)4-6(15)5-16-11/h1-5H,15H2,(H,16,17). The number of nitrogens with one attached hydrogen (secondary N) is 1. The van der Waals surface area contributed by atoms with Gasteiger partial charge in [0.1, 0.15) is 5.82 Å². The van der Waals surface area contributed by atoms with Crippen LogP contribution in [0.5, 0.6) is 0 Å². The minimum Gasteiger partial charge on any atom is -0.397 e.